The van der Waals surface area contributed by atoms with E-state index in [0.29, 0.717) is 36.5 Å². The number of fused-ring (bicyclic) bond motifs is 2. The van der Waals surface area contributed by atoms with Gasteiger partial charge in [-0.05, 0) is 30.2 Å². The number of benzene rings is 2. The molecule has 7 nitrogen and oxygen atoms in total. The molecule has 0 spiro atoms. The normalized spacial score (nSPS) is 24.2. The minimum absolute atomic E-state index is 0.00455. The molecule has 2 saturated heterocycles. The van der Waals surface area contributed by atoms with E-state index in [1.165, 1.54) is 0 Å². The maximum Gasteiger partial charge on any atom is 0.254 e. The zero-order chi connectivity index (χ0) is 20.0. The van der Waals surface area contributed by atoms with Crippen LogP contribution in [0.2, 0.25) is 0 Å². The number of oxazole rings is 1. The fourth-order valence-electron chi connectivity index (χ4n) is 4.40. The summed E-state index contributed by atoms with van der Waals surface area (Å²) in [6, 6.07) is 15.2. The third kappa shape index (κ3) is 2.98. The number of aryl methyl sites for hydroxylation is 1. The van der Waals surface area contributed by atoms with Crippen molar-refractivity contribution < 1.29 is 18.7 Å². The van der Waals surface area contributed by atoms with E-state index in [4.69, 9.17) is 9.15 Å². The minimum Gasteiger partial charge on any atom is -0.441 e. The van der Waals surface area contributed by atoms with E-state index in [-0.39, 0.29) is 24.5 Å². The van der Waals surface area contributed by atoms with Gasteiger partial charge in [-0.3, -0.25) is 9.59 Å². The molecule has 0 radical (unpaired) electrons. The highest BCUT2D eigenvalue weighted by Gasteiger charge is 2.49. The number of amides is 2. The summed E-state index contributed by atoms with van der Waals surface area (Å²) in [5, 5.41) is 3.15. The van der Waals surface area contributed by atoms with Gasteiger partial charge in [0.1, 0.15) is 18.2 Å². The Morgan fingerprint density at radius 1 is 1.24 bits per heavy atom. The van der Waals surface area contributed by atoms with Crippen molar-refractivity contribution in [3.05, 3.63) is 65.5 Å². The Morgan fingerprint density at radius 3 is 2.90 bits per heavy atom. The van der Waals surface area contributed by atoms with E-state index in [2.05, 4.69) is 10.3 Å². The Morgan fingerprint density at radius 2 is 2.07 bits per heavy atom. The second kappa shape index (κ2) is 6.70. The zero-order valence-electron chi connectivity index (χ0n) is 16.1. The number of carbonyl (C=O) groups excluding carboxylic acids is 2. The molecule has 2 atom stereocenters. The van der Waals surface area contributed by atoms with Gasteiger partial charge < -0.3 is 19.4 Å². The van der Waals surface area contributed by atoms with Crippen LogP contribution in [0.1, 0.15) is 28.2 Å². The van der Waals surface area contributed by atoms with Crippen LogP contribution < -0.4 is 5.32 Å². The fraction of sp³-hybridized carbons (Fsp3) is 0.318. The lowest BCUT2D eigenvalue weighted by Crippen LogP contribution is -2.67. The lowest BCUT2D eigenvalue weighted by molar-refractivity contribution is -0.150. The van der Waals surface area contributed by atoms with Crippen molar-refractivity contribution in [3.8, 4) is 0 Å². The number of piperidine rings is 1. The Bertz CT molecular complexity index is 1090. The SMILES string of the molecule is Cc1nc2ccc(C(=O)N3CC[C@@]4(c5ccccc5)NC(=O)CO[C@@H]4C3)cc2o1. The van der Waals surface area contributed by atoms with Crippen LogP contribution in [0, 0.1) is 6.92 Å². The quantitative estimate of drug-likeness (QED) is 0.725. The standard InChI is InChI=1S/C22H21N3O4/c1-14-23-17-8-7-15(11-18(17)29-14)21(27)25-10-9-22(16-5-3-2-4-6-16)19(12-25)28-13-20(26)24-22/h2-8,11,19H,9-10,12-13H2,1H3,(H,24,26)/t19-,22+/m1/s1. The molecular weight excluding hydrogens is 370 g/mol. The molecule has 5 rings (SSSR count). The van der Waals surface area contributed by atoms with Crippen molar-refractivity contribution in [2.75, 3.05) is 19.7 Å². The molecule has 29 heavy (non-hydrogen) atoms. The van der Waals surface area contributed by atoms with E-state index < -0.39 is 5.54 Å². The molecule has 0 unspecified atom stereocenters. The highest BCUT2D eigenvalue weighted by Crippen LogP contribution is 2.37. The van der Waals surface area contributed by atoms with Crippen molar-refractivity contribution in [3.63, 3.8) is 0 Å². The summed E-state index contributed by atoms with van der Waals surface area (Å²) < 4.78 is 11.5. The van der Waals surface area contributed by atoms with Gasteiger partial charge in [-0.25, -0.2) is 4.98 Å². The summed E-state index contributed by atoms with van der Waals surface area (Å²) in [5.41, 5.74) is 2.29. The van der Waals surface area contributed by atoms with Crippen LogP contribution in [-0.2, 0) is 15.1 Å². The molecule has 1 N–H and O–H groups in total. The number of aromatic nitrogens is 1. The molecule has 0 saturated carbocycles. The van der Waals surface area contributed by atoms with Gasteiger partial charge in [0.2, 0.25) is 5.91 Å². The summed E-state index contributed by atoms with van der Waals surface area (Å²) in [6.45, 7) is 2.71. The van der Waals surface area contributed by atoms with E-state index in [1.54, 1.807) is 30.0 Å². The topological polar surface area (TPSA) is 84.7 Å². The fourth-order valence-corrected chi connectivity index (χ4v) is 4.40. The lowest BCUT2D eigenvalue weighted by Gasteiger charge is -2.50. The van der Waals surface area contributed by atoms with Crippen LogP contribution in [0.15, 0.2) is 52.9 Å². The summed E-state index contributed by atoms with van der Waals surface area (Å²) in [6.07, 6.45) is 0.277. The Hall–Kier alpha value is -3.19. The molecule has 1 aromatic heterocycles. The predicted molar refractivity (Wildman–Crippen MR) is 105 cm³/mol. The number of carbonyl (C=O) groups is 2. The van der Waals surface area contributed by atoms with Crippen LogP contribution in [0.25, 0.3) is 11.1 Å². The predicted octanol–water partition coefficient (Wildman–Crippen LogP) is 2.39. The number of ether oxygens (including phenoxy) is 1. The molecular formula is C22H21N3O4. The van der Waals surface area contributed by atoms with Gasteiger partial charge in [-0.15, -0.1) is 0 Å². The third-order valence-electron chi connectivity index (χ3n) is 5.81. The number of likely N-dealkylation sites (tertiary alicyclic amines) is 1. The van der Waals surface area contributed by atoms with Crippen molar-refractivity contribution in [2.45, 2.75) is 25.0 Å². The first-order valence-electron chi connectivity index (χ1n) is 9.70. The molecule has 148 valence electrons. The second-order valence-corrected chi connectivity index (χ2v) is 7.60. The van der Waals surface area contributed by atoms with Crippen LogP contribution >= 0.6 is 0 Å². The lowest BCUT2D eigenvalue weighted by atomic mass is 9.77. The van der Waals surface area contributed by atoms with Crippen molar-refractivity contribution in [2.24, 2.45) is 0 Å². The summed E-state index contributed by atoms with van der Waals surface area (Å²) in [5.74, 6) is 0.362. The van der Waals surface area contributed by atoms with Gasteiger partial charge in [-0.1, -0.05) is 30.3 Å². The summed E-state index contributed by atoms with van der Waals surface area (Å²) >= 11 is 0. The highest BCUT2D eigenvalue weighted by atomic mass is 16.5. The smallest absolute Gasteiger partial charge is 0.254 e. The van der Waals surface area contributed by atoms with Gasteiger partial charge in [0, 0.05) is 25.6 Å². The molecule has 3 heterocycles. The molecule has 2 aliphatic heterocycles. The molecule has 2 aromatic carbocycles. The summed E-state index contributed by atoms with van der Waals surface area (Å²) in [7, 11) is 0. The maximum atomic E-state index is 13.2. The maximum absolute atomic E-state index is 13.2. The largest absolute Gasteiger partial charge is 0.441 e. The van der Waals surface area contributed by atoms with Crippen LogP contribution in [0.3, 0.4) is 0 Å². The van der Waals surface area contributed by atoms with Gasteiger partial charge in [0.05, 0.1) is 5.54 Å². The Kier molecular flexibility index (Phi) is 4.13. The van der Waals surface area contributed by atoms with Crippen molar-refractivity contribution in [1.82, 2.24) is 15.2 Å². The van der Waals surface area contributed by atoms with Gasteiger partial charge in [0.25, 0.3) is 5.91 Å². The van der Waals surface area contributed by atoms with E-state index in [1.807, 2.05) is 30.3 Å². The second-order valence-electron chi connectivity index (χ2n) is 7.60. The highest BCUT2D eigenvalue weighted by molar-refractivity contribution is 5.97. The Labute approximate surface area is 167 Å². The average Bonchev–Trinajstić information content (AvgIpc) is 3.12. The molecule has 2 amide bonds. The first kappa shape index (κ1) is 17.9. The first-order chi connectivity index (χ1) is 14.0. The number of morpholine rings is 1. The summed E-state index contributed by atoms with van der Waals surface area (Å²) in [4.78, 5) is 31.3. The monoisotopic (exact) mass is 391 g/mol. The minimum atomic E-state index is -0.612. The van der Waals surface area contributed by atoms with Crippen LogP contribution in [0.4, 0.5) is 0 Å². The number of rotatable bonds is 2. The van der Waals surface area contributed by atoms with Gasteiger partial charge in [-0.2, -0.15) is 0 Å². The van der Waals surface area contributed by atoms with Crippen molar-refractivity contribution >= 4 is 22.9 Å². The third-order valence-corrected chi connectivity index (χ3v) is 5.81. The van der Waals surface area contributed by atoms with E-state index in [9.17, 15) is 9.59 Å². The Balaban J connectivity index is 1.43. The van der Waals surface area contributed by atoms with Crippen LogP contribution in [-0.4, -0.2) is 47.5 Å². The average molecular weight is 391 g/mol. The van der Waals surface area contributed by atoms with E-state index in [0.717, 1.165) is 11.1 Å². The number of hydrogen-bond acceptors (Lipinski definition) is 5. The molecule has 2 aliphatic rings. The molecule has 2 fully saturated rings. The molecule has 3 aromatic rings. The number of nitrogens with one attached hydrogen (secondary N) is 1. The first-order valence-corrected chi connectivity index (χ1v) is 9.70. The number of nitrogens with zero attached hydrogens (tertiary/aromatic N) is 2. The van der Waals surface area contributed by atoms with Gasteiger partial charge in [0.15, 0.2) is 11.5 Å². The molecule has 7 heteroatoms. The van der Waals surface area contributed by atoms with E-state index >= 15 is 0 Å². The van der Waals surface area contributed by atoms with Crippen molar-refractivity contribution in [1.29, 1.82) is 0 Å². The van der Waals surface area contributed by atoms with Crippen LogP contribution in [0.5, 0.6) is 0 Å². The number of hydrogen-bond donors (Lipinski definition) is 1. The molecule has 0 aliphatic carbocycles. The zero-order valence-corrected chi connectivity index (χ0v) is 16.1. The van der Waals surface area contributed by atoms with Gasteiger partial charge >= 0.3 is 0 Å². The molecule has 0 bridgehead atoms.